The van der Waals surface area contributed by atoms with Gasteiger partial charge in [-0.25, -0.2) is 4.79 Å². The third-order valence-electron chi connectivity index (χ3n) is 3.08. The van der Waals surface area contributed by atoms with Crippen molar-refractivity contribution in [3.63, 3.8) is 0 Å². The summed E-state index contributed by atoms with van der Waals surface area (Å²) in [6.07, 6.45) is 0.582. The van der Waals surface area contributed by atoms with E-state index in [0.717, 1.165) is 17.9 Å². The van der Waals surface area contributed by atoms with Crippen LogP contribution in [0.3, 0.4) is 0 Å². The molecule has 3 nitrogen and oxygen atoms in total. The van der Waals surface area contributed by atoms with Gasteiger partial charge in [0.25, 0.3) is 0 Å². The Balaban J connectivity index is 0.00000200. The molecule has 107 valence electrons. The van der Waals surface area contributed by atoms with Gasteiger partial charge in [-0.05, 0) is 20.8 Å². The summed E-state index contributed by atoms with van der Waals surface area (Å²) in [5, 5.41) is 0. The molecule has 1 aliphatic heterocycles. The largest absolute Gasteiger partial charge is 0.443 e. The van der Waals surface area contributed by atoms with Crippen molar-refractivity contribution in [2.24, 2.45) is 0 Å². The number of amides is 1. The van der Waals surface area contributed by atoms with Crippen LogP contribution >= 0.6 is 0 Å². The second-order valence-corrected chi connectivity index (χ2v) is 12.0. The predicted molar refractivity (Wildman–Crippen MR) is 80.0 cm³/mol. The number of hydrogen-bond acceptors (Lipinski definition) is 2. The average Bonchev–Trinajstić information content (AvgIpc) is 2.24. The number of nitrogens with zero attached hydrogens (tertiary/aromatic N) is 1. The van der Waals surface area contributed by atoms with Crippen molar-refractivity contribution in [2.45, 2.75) is 45.5 Å². The van der Waals surface area contributed by atoms with Crippen LogP contribution in [0.25, 0.3) is 0 Å². The first kappa shape index (κ1) is 17.9. The van der Waals surface area contributed by atoms with Crippen LogP contribution in [0.1, 0.15) is 26.3 Å². The monoisotopic (exact) mass is 365 g/mol. The maximum atomic E-state index is 12.4. The number of benzene rings is 1. The quantitative estimate of drug-likeness (QED) is 0.520. The molecule has 5 heteroatoms. The Morgan fingerprint density at radius 1 is 1.40 bits per heavy atom. The van der Waals surface area contributed by atoms with E-state index in [0.29, 0.717) is 0 Å². The number of fused-ring (bicyclic) bond motifs is 1. The van der Waals surface area contributed by atoms with E-state index < -0.39 is 13.7 Å². The summed E-state index contributed by atoms with van der Waals surface area (Å²) < 4.78 is 5.53. The standard InChI is InChI=1S/C15H22NO2Si.Y/c1-15(2,3)18-14(17)16-11-19(4,5)10-12-8-6-7-9-13(12)16;/h7-9H,10-11H2,1-5H3;/q-1;. The average molecular weight is 365 g/mol. The van der Waals surface area contributed by atoms with Gasteiger partial charge in [-0.15, -0.1) is 11.6 Å². The molecule has 1 heterocycles. The molecular weight excluding hydrogens is 343 g/mol. The number of rotatable bonds is 0. The zero-order chi connectivity index (χ0) is 14.3. The molecular formula is C15H22NO2SiY-. The van der Waals surface area contributed by atoms with E-state index >= 15 is 0 Å². The van der Waals surface area contributed by atoms with E-state index in [2.05, 4.69) is 19.2 Å². The summed E-state index contributed by atoms with van der Waals surface area (Å²) in [5.74, 6) is 0. The Kier molecular flexibility index (Phi) is 5.61. The molecule has 0 fully saturated rings. The number of carbonyl (C=O) groups excluding carboxylic acids is 1. The maximum Gasteiger partial charge on any atom is 0.412 e. The predicted octanol–water partition coefficient (Wildman–Crippen LogP) is 3.57. The third-order valence-corrected chi connectivity index (χ3v) is 5.59. The van der Waals surface area contributed by atoms with Gasteiger partial charge in [0.2, 0.25) is 0 Å². The van der Waals surface area contributed by atoms with Gasteiger partial charge in [-0.1, -0.05) is 24.8 Å². The Morgan fingerprint density at radius 3 is 2.65 bits per heavy atom. The molecule has 0 saturated carbocycles. The number of hydrogen-bond donors (Lipinski definition) is 0. The minimum atomic E-state index is -1.44. The minimum Gasteiger partial charge on any atom is -0.443 e. The van der Waals surface area contributed by atoms with Crippen LogP contribution in [0.4, 0.5) is 10.5 Å². The van der Waals surface area contributed by atoms with Crippen LogP contribution < -0.4 is 4.90 Å². The summed E-state index contributed by atoms with van der Waals surface area (Å²) in [4.78, 5) is 14.2. The van der Waals surface area contributed by atoms with Gasteiger partial charge in [0, 0.05) is 38.9 Å². The SMILES string of the molecule is CC(C)(C)OC(=O)N1C[Si](C)(C)Cc2c[c-]ccc21.[Y]. The maximum absolute atomic E-state index is 12.4. The molecule has 1 radical (unpaired) electrons. The van der Waals surface area contributed by atoms with Crippen LogP contribution in [-0.2, 0) is 43.5 Å². The minimum absolute atomic E-state index is 0. The van der Waals surface area contributed by atoms with Crippen LogP contribution in [0.5, 0.6) is 0 Å². The van der Waals surface area contributed by atoms with Gasteiger partial charge in [-0.2, -0.15) is 18.2 Å². The number of carbonyl (C=O) groups is 1. The van der Waals surface area contributed by atoms with Crippen molar-refractivity contribution in [1.29, 1.82) is 0 Å². The molecule has 1 aromatic carbocycles. The Bertz CT molecular complexity index is 497. The van der Waals surface area contributed by atoms with Gasteiger partial charge < -0.3 is 9.64 Å². The van der Waals surface area contributed by atoms with Crippen molar-refractivity contribution in [3.05, 3.63) is 29.8 Å². The van der Waals surface area contributed by atoms with E-state index in [9.17, 15) is 4.79 Å². The molecule has 1 amide bonds. The van der Waals surface area contributed by atoms with Crippen LogP contribution in [0.15, 0.2) is 18.2 Å². The first-order valence-electron chi connectivity index (χ1n) is 6.67. The summed E-state index contributed by atoms with van der Waals surface area (Å²) in [7, 11) is -1.44. The zero-order valence-electron chi connectivity index (χ0n) is 13.0. The normalized spacial score (nSPS) is 16.9. The summed E-state index contributed by atoms with van der Waals surface area (Å²) in [6.45, 7) is 10.3. The fourth-order valence-corrected chi connectivity index (χ4v) is 5.01. The number of ether oxygens (including phenoxy) is 1. The summed E-state index contributed by atoms with van der Waals surface area (Å²) >= 11 is 0. The molecule has 0 unspecified atom stereocenters. The van der Waals surface area contributed by atoms with Crippen molar-refractivity contribution in [3.8, 4) is 0 Å². The van der Waals surface area contributed by atoms with Crippen molar-refractivity contribution in [1.82, 2.24) is 0 Å². The Labute approximate surface area is 148 Å². The molecule has 0 bridgehead atoms. The van der Waals surface area contributed by atoms with Gasteiger partial charge in [0.1, 0.15) is 5.60 Å². The number of anilines is 1. The molecule has 0 atom stereocenters. The molecule has 0 aromatic heterocycles. The van der Waals surface area contributed by atoms with Crippen LogP contribution in [-0.4, -0.2) is 25.9 Å². The molecule has 0 aliphatic carbocycles. The van der Waals surface area contributed by atoms with Gasteiger partial charge >= 0.3 is 6.09 Å². The first-order chi connectivity index (χ1) is 8.68. The molecule has 2 rings (SSSR count). The van der Waals surface area contributed by atoms with E-state index in [4.69, 9.17) is 4.74 Å². The fraction of sp³-hybridized carbons (Fsp3) is 0.533. The summed E-state index contributed by atoms with van der Waals surface area (Å²) in [6, 6.07) is 10.0. The van der Waals surface area contributed by atoms with E-state index in [1.807, 2.05) is 43.9 Å². The smallest absolute Gasteiger partial charge is 0.412 e. The Hall–Kier alpha value is -0.189. The van der Waals surface area contributed by atoms with E-state index in [1.54, 1.807) is 0 Å². The molecule has 20 heavy (non-hydrogen) atoms. The van der Waals surface area contributed by atoms with Crippen molar-refractivity contribution >= 4 is 19.9 Å². The zero-order valence-corrected chi connectivity index (χ0v) is 16.8. The fourth-order valence-electron chi connectivity index (χ4n) is 2.43. The third kappa shape index (κ3) is 4.40. The summed E-state index contributed by atoms with van der Waals surface area (Å²) in [5.41, 5.74) is 1.75. The van der Waals surface area contributed by atoms with Crippen molar-refractivity contribution < 1.29 is 42.2 Å². The van der Waals surface area contributed by atoms with Gasteiger partial charge in [0.15, 0.2) is 0 Å². The van der Waals surface area contributed by atoms with Crippen molar-refractivity contribution in [2.75, 3.05) is 11.1 Å². The second-order valence-electron chi connectivity index (χ2n) is 6.96. The molecule has 1 aliphatic rings. The van der Waals surface area contributed by atoms with E-state index in [1.165, 1.54) is 5.56 Å². The first-order valence-corrected chi connectivity index (χ1v) is 10.1. The Morgan fingerprint density at radius 2 is 2.05 bits per heavy atom. The molecule has 0 spiro atoms. The van der Waals surface area contributed by atoms with Crippen LogP contribution in [0, 0.1) is 6.07 Å². The second kappa shape index (κ2) is 6.29. The topological polar surface area (TPSA) is 29.5 Å². The van der Waals surface area contributed by atoms with Gasteiger partial charge in [-0.3, -0.25) is 0 Å². The molecule has 1 aromatic rings. The molecule has 0 N–H and O–H groups in total. The van der Waals surface area contributed by atoms with Crippen LogP contribution in [0.2, 0.25) is 13.1 Å². The van der Waals surface area contributed by atoms with Gasteiger partial charge in [0.05, 0.1) is 8.07 Å². The molecule has 0 saturated heterocycles. The van der Waals surface area contributed by atoms with E-state index in [-0.39, 0.29) is 38.8 Å².